The molecule has 1 atom stereocenters. The van der Waals surface area contributed by atoms with Crippen molar-refractivity contribution < 1.29 is 26.7 Å². The number of sulfonamides is 1. The first-order chi connectivity index (χ1) is 8.13. The number of aromatic amines is 1. The predicted molar refractivity (Wildman–Crippen MR) is 54.3 cm³/mol. The minimum Gasteiger partial charge on any atom is -0.382 e. The summed E-state index contributed by atoms with van der Waals surface area (Å²) in [6.07, 6.45) is -6.87. The molecule has 18 heavy (non-hydrogen) atoms. The highest BCUT2D eigenvalue weighted by Crippen LogP contribution is 2.19. The molecule has 1 aromatic heterocycles. The van der Waals surface area contributed by atoms with Crippen LogP contribution >= 0.6 is 0 Å². The molecule has 10 heteroatoms. The number of aliphatic hydroxyl groups is 1. The van der Waals surface area contributed by atoms with Crippen LogP contribution < -0.4 is 10.3 Å². The largest absolute Gasteiger partial charge is 0.415 e. The molecule has 1 heterocycles. The molecule has 0 aliphatic rings. The topological polar surface area (TPSA) is 99.3 Å². The van der Waals surface area contributed by atoms with Gasteiger partial charge in [0.2, 0.25) is 15.6 Å². The molecular weight excluding hydrogens is 277 g/mol. The van der Waals surface area contributed by atoms with Crippen molar-refractivity contribution in [2.24, 2.45) is 0 Å². The molecule has 0 bridgehead atoms. The van der Waals surface area contributed by atoms with Crippen molar-refractivity contribution in [3.8, 4) is 0 Å². The standard InChI is InChI=1S/C8H9F3N2O4S/c9-8(10,11)6(14)4-13-18(16,17)5-1-2-7(15)12-3-5/h1-3,6,13-14H,4H2,(H,12,15). The summed E-state index contributed by atoms with van der Waals surface area (Å²) in [5.74, 6) is 0. The Balaban J connectivity index is 2.78. The predicted octanol–water partition coefficient (Wildman–Crippen LogP) is -0.424. The van der Waals surface area contributed by atoms with E-state index >= 15 is 0 Å². The SMILES string of the molecule is O=c1ccc(S(=O)(=O)NCC(O)C(F)(F)F)c[nH]1. The monoisotopic (exact) mass is 286 g/mol. The summed E-state index contributed by atoms with van der Waals surface area (Å²) < 4.78 is 60.3. The zero-order chi connectivity index (χ0) is 14.0. The first-order valence-electron chi connectivity index (χ1n) is 4.56. The number of halogens is 3. The Morgan fingerprint density at radius 3 is 2.44 bits per heavy atom. The first-order valence-corrected chi connectivity index (χ1v) is 6.04. The average Bonchev–Trinajstić information content (AvgIpc) is 2.25. The van der Waals surface area contributed by atoms with E-state index < -0.39 is 39.3 Å². The number of rotatable bonds is 4. The minimum absolute atomic E-state index is 0.406. The average molecular weight is 286 g/mol. The van der Waals surface area contributed by atoms with Crippen LogP contribution in [0.2, 0.25) is 0 Å². The molecular formula is C8H9F3N2O4S. The van der Waals surface area contributed by atoms with Crippen molar-refractivity contribution in [2.45, 2.75) is 17.2 Å². The van der Waals surface area contributed by atoms with Gasteiger partial charge in [0.25, 0.3) is 0 Å². The van der Waals surface area contributed by atoms with Crippen LogP contribution in [0.15, 0.2) is 28.0 Å². The van der Waals surface area contributed by atoms with Crippen LogP contribution in [0.5, 0.6) is 0 Å². The summed E-state index contributed by atoms with van der Waals surface area (Å²) in [6, 6.07) is 1.84. The third kappa shape index (κ3) is 3.82. The molecule has 0 amide bonds. The maximum Gasteiger partial charge on any atom is 0.415 e. The maximum absolute atomic E-state index is 11.9. The smallest absolute Gasteiger partial charge is 0.382 e. The van der Waals surface area contributed by atoms with E-state index in [1.807, 2.05) is 0 Å². The second-order valence-corrected chi connectivity index (χ2v) is 5.06. The third-order valence-corrected chi connectivity index (χ3v) is 3.33. The Hall–Kier alpha value is -1.39. The van der Waals surface area contributed by atoms with Gasteiger partial charge in [-0.2, -0.15) is 13.2 Å². The van der Waals surface area contributed by atoms with Crippen LogP contribution in [-0.4, -0.2) is 37.3 Å². The number of aliphatic hydroxyl groups excluding tert-OH is 1. The lowest BCUT2D eigenvalue weighted by Crippen LogP contribution is -2.40. The van der Waals surface area contributed by atoms with Crippen LogP contribution in [0.25, 0.3) is 0 Å². The third-order valence-electron chi connectivity index (χ3n) is 1.91. The van der Waals surface area contributed by atoms with E-state index in [0.717, 1.165) is 18.3 Å². The Morgan fingerprint density at radius 1 is 1.39 bits per heavy atom. The summed E-state index contributed by atoms with van der Waals surface area (Å²) in [6.45, 7) is -1.20. The van der Waals surface area contributed by atoms with E-state index in [1.54, 1.807) is 4.72 Å². The van der Waals surface area contributed by atoms with Gasteiger partial charge in [-0.05, 0) is 6.07 Å². The Labute approximate surface area is 99.5 Å². The molecule has 1 rings (SSSR count). The molecule has 6 nitrogen and oxygen atoms in total. The van der Waals surface area contributed by atoms with Gasteiger partial charge in [0.15, 0.2) is 6.10 Å². The number of hydrogen-bond acceptors (Lipinski definition) is 4. The number of aromatic nitrogens is 1. The van der Waals surface area contributed by atoms with E-state index in [4.69, 9.17) is 5.11 Å². The zero-order valence-electron chi connectivity index (χ0n) is 8.73. The van der Waals surface area contributed by atoms with Crippen molar-refractivity contribution in [1.82, 2.24) is 9.71 Å². The number of H-pyrrole nitrogens is 1. The van der Waals surface area contributed by atoms with E-state index in [0.29, 0.717) is 0 Å². The fourth-order valence-corrected chi connectivity index (χ4v) is 1.96. The molecule has 0 radical (unpaired) electrons. The molecule has 0 aliphatic carbocycles. The van der Waals surface area contributed by atoms with Crippen molar-refractivity contribution in [3.05, 3.63) is 28.7 Å². The van der Waals surface area contributed by atoms with Gasteiger partial charge in [-0.25, -0.2) is 13.1 Å². The molecule has 0 aromatic carbocycles. The van der Waals surface area contributed by atoms with Crippen molar-refractivity contribution in [2.75, 3.05) is 6.54 Å². The van der Waals surface area contributed by atoms with Gasteiger partial charge in [0.1, 0.15) is 0 Å². The number of nitrogens with one attached hydrogen (secondary N) is 2. The molecule has 102 valence electrons. The Morgan fingerprint density at radius 2 is 2.00 bits per heavy atom. The summed E-state index contributed by atoms with van der Waals surface area (Å²) in [5.41, 5.74) is -0.552. The second kappa shape index (κ2) is 5.08. The van der Waals surface area contributed by atoms with Crippen molar-refractivity contribution >= 4 is 10.0 Å². The quantitative estimate of drug-likeness (QED) is 0.699. The number of hydrogen-bond donors (Lipinski definition) is 3. The fourth-order valence-electron chi connectivity index (χ4n) is 0.951. The highest BCUT2D eigenvalue weighted by atomic mass is 32.2. The second-order valence-electron chi connectivity index (χ2n) is 3.30. The maximum atomic E-state index is 11.9. The molecule has 0 aliphatic heterocycles. The Bertz CT molecular complexity index is 546. The molecule has 3 N–H and O–H groups in total. The lowest BCUT2D eigenvalue weighted by Gasteiger charge is -2.15. The van der Waals surface area contributed by atoms with E-state index in [-0.39, 0.29) is 0 Å². The van der Waals surface area contributed by atoms with Gasteiger partial charge in [0.05, 0.1) is 4.90 Å². The normalized spacial score (nSPS) is 14.4. The molecule has 0 saturated carbocycles. The van der Waals surface area contributed by atoms with E-state index in [1.165, 1.54) is 0 Å². The highest BCUT2D eigenvalue weighted by Gasteiger charge is 2.38. The zero-order valence-corrected chi connectivity index (χ0v) is 9.55. The van der Waals surface area contributed by atoms with Gasteiger partial charge in [0, 0.05) is 18.8 Å². The molecule has 0 fully saturated rings. The lowest BCUT2D eigenvalue weighted by molar-refractivity contribution is -0.200. The molecule has 0 saturated heterocycles. The van der Waals surface area contributed by atoms with Gasteiger partial charge < -0.3 is 10.1 Å². The van der Waals surface area contributed by atoms with Crippen LogP contribution in [0.3, 0.4) is 0 Å². The first kappa shape index (κ1) is 14.7. The number of alkyl halides is 3. The lowest BCUT2D eigenvalue weighted by atomic mass is 10.4. The number of pyridine rings is 1. The van der Waals surface area contributed by atoms with Crippen molar-refractivity contribution in [1.29, 1.82) is 0 Å². The fraction of sp³-hybridized carbons (Fsp3) is 0.375. The van der Waals surface area contributed by atoms with E-state index in [2.05, 4.69) is 4.98 Å². The molecule has 0 spiro atoms. The van der Waals surface area contributed by atoms with Crippen LogP contribution in [0, 0.1) is 0 Å². The minimum atomic E-state index is -4.91. The van der Waals surface area contributed by atoms with Crippen LogP contribution in [0.4, 0.5) is 13.2 Å². The van der Waals surface area contributed by atoms with Crippen molar-refractivity contribution in [3.63, 3.8) is 0 Å². The Kier molecular flexibility index (Phi) is 4.14. The van der Waals surface area contributed by atoms with E-state index in [9.17, 15) is 26.4 Å². The van der Waals surface area contributed by atoms with Gasteiger partial charge in [-0.3, -0.25) is 4.79 Å². The summed E-state index contributed by atoms with van der Waals surface area (Å²) >= 11 is 0. The summed E-state index contributed by atoms with van der Waals surface area (Å²) in [4.78, 5) is 12.3. The van der Waals surface area contributed by atoms with Crippen LogP contribution in [-0.2, 0) is 10.0 Å². The van der Waals surface area contributed by atoms with Gasteiger partial charge >= 0.3 is 6.18 Å². The molecule has 1 unspecified atom stereocenters. The summed E-state index contributed by atoms with van der Waals surface area (Å²) in [7, 11) is -4.21. The van der Waals surface area contributed by atoms with Crippen LogP contribution in [0.1, 0.15) is 0 Å². The highest BCUT2D eigenvalue weighted by molar-refractivity contribution is 7.89. The van der Waals surface area contributed by atoms with Gasteiger partial charge in [-0.1, -0.05) is 0 Å². The summed E-state index contributed by atoms with van der Waals surface area (Å²) in [5, 5.41) is 8.63. The molecule has 1 aromatic rings. The van der Waals surface area contributed by atoms with Gasteiger partial charge in [-0.15, -0.1) is 0 Å².